The van der Waals surface area contributed by atoms with E-state index in [4.69, 9.17) is 21.7 Å². The molecule has 0 amide bonds. The molecule has 2 heterocycles. The highest BCUT2D eigenvalue weighted by Crippen LogP contribution is 2.37. The van der Waals surface area contributed by atoms with Gasteiger partial charge in [0.15, 0.2) is 5.11 Å². The quantitative estimate of drug-likeness (QED) is 0.350. The number of hydrogen-bond donors (Lipinski definition) is 1. The number of nitrogens with one attached hydrogen (secondary N) is 1. The molecule has 2 aromatic carbocycles. The van der Waals surface area contributed by atoms with E-state index in [9.17, 15) is 4.39 Å². The number of benzene rings is 2. The fourth-order valence-corrected chi connectivity index (χ4v) is 4.28. The molecule has 0 bridgehead atoms. The largest absolute Gasteiger partial charge is 0.351 e. The molecule has 1 N–H and O–H groups in total. The molecule has 1 atom stereocenters. The standard InChI is InChI=1S/C25H27FN4OS/c1-4-5-6-14-30-17(3)21(22(27-25(30)32)19-8-7-9-20(26)15-19)24-28-23(29-31-24)18-12-10-16(2)11-13-18/h7-13,15,22H,4-6,14H2,1-3H3,(H,27,32). The molecule has 0 aliphatic carbocycles. The van der Waals surface area contributed by atoms with Gasteiger partial charge < -0.3 is 14.7 Å². The molecule has 0 saturated heterocycles. The van der Waals surface area contributed by atoms with Crippen LogP contribution in [0, 0.1) is 12.7 Å². The molecule has 1 aliphatic rings. The van der Waals surface area contributed by atoms with Gasteiger partial charge >= 0.3 is 0 Å². The second-order valence-electron chi connectivity index (χ2n) is 8.08. The van der Waals surface area contributed by atoms with Crippen LogP contribution in [0.4, 0.5) is 4.39 Å². The van der Waals surface area contributed by atoms with E-state index in [1.54, 1.807) is 6.07 Å². The average Bonchev–Trinajstić information content (AvgIpc) is 3.26. The number of halogens is 1. The van der Waals surface area contributed by atoms with E-state index in [0.717, 1.165) is 53.8 Å². The lowest BCUT2D eigenvalue weighted by Gasteiger charge is -2.37. The number of aryl methyl sites for hydroxylation is 1. The third-order valence-electron chi connectivity index (χ3n) is 5.73. The van der Waals surface area contributed by atoms with Crippen LogP contribution in [0.15, 0.2) is 58.8 Å². The van der Waals surface area contributed by atoms with Gasteiger partial charge in [-0.2, -0.15) is 4.98 Å². The van der Waals surface area contributed by atoms with Crippen molar-refractivity contribution in [3.8, 4) is 11.4 Å². The fraction of sp³-hybridized carbons (Fsp3) is 0.320. The SMILES string of the molecule is CCCCCN1C(=S)NC(c2cccc(F)c2)C(c2nc(-c3ccc(C)cc3)no2)=C1C. The van der Waals surface area contributed by atoms with E-state index in [2.05, 4.69) is 22.3 Å². The molecule has 5 nitrogen and oxygen atoms in total. The summed E-state index contributed by atoms with van der Waals surface area (Å²) in [7, 11) is 0. The topological polar surface area (TPSA) is 54.2 Å². The lowest BCUT2D eigenvalue weighted by molar-refractivity contribution is 0.395. The first-order valence-corrected chi connectivity index (χ1v) is 11.3. The Hall–Kier alpha value is -3.06. The predicted octanol–water partition coefficient (Wildman–Crippen LogP) is 6.04. The molecule has 0 radical (unpaired) electrons. The maximum atomic E-state index is 14.0. The molecule has 0 fully saturated rings. The van der Waals surface area contributed by atoms with Gasteiger partial charge in [0.25, 0.3) is 5.89 Å². The van der Waals surface area contributed by atoms with Gasteiger partial charge in [-0.3, -0.25) is 0 Å². The molecule has 4 rings (SSSR count). The number of nitrogens with zero attached hydrogens (tertiary/aromatic N) is 3. The van der Waals surface area contributed by atoms with Crippen LogP contribution in [-0.2, 0) is 0 Å². The summed E-state index contributed by atoms with van der Waals surface area (Å²) in [4.78, 5) is 6.77. The van der Waals surface area contributed by atoms with E-state index in [1.165, 1.54) is 12.1 Å². The maximum Gasteiger partial charge on any atom is 0.258 e. The zero-order valence-electron chi connectivity index (χ0n) is 18.6. The Morgan fingerprint density at radius 1 is 1.12 bits per heavy atom. The van der Waals surface area contributed by atoms with Crippen LogP contribution in [0.3, 0.4) is 0 Å². The molecule has 1 aromatic heterocycles. The number of aromatic nitrogens is 2. The van der Waals surface area contributed by atoms with E-state index >= 15 is 0 Å². The Kier molecular flexibility index (Phi) is 6.65. The Morgan fingerprint density at radius 2 is 1.91 bits per heavy atom. The molecule has 0 spiro atoms. The molecule has 32 heavy (non-hydrogen) atoms. The Labute approximate surface area is 193 Å². The van der Waals surface area contributed by atoms with E-state index < -0.39 is 0 Å². The second kappa shape index (κ2) is 9.61. The lowest BCUT2D eigenvalue weighted by Crippen LogP contribution is -2.46. The summed E-state index contributed by atoms with van der Waals surface area (Å²) in [6.45, 7) is 7.01. The van der Waals surface area contributed by atoms with Crippen LogP contribution in [-0.4, -0.2) is 26.7 Å². The molecule has 0 saturated carbocycles. The Balaban J connectivity index is 1.77. The minimum Gasteiger partial charge on any atom is -0.351 e. The minimum absolute atomic E-state index is 0.302. The molecule has 7 heteroatoms. The summed E-state index contributed by atoms with van der Waals surface area (Å²) in [6, 6.07) is 14.1. The molecule has 166 valence electrons. The van der Waals surface area contributed by atoms with Crippen molar-refractivity contribution >= 4 is 22.9 Å². The average molecular weight is 451 g/mol. The van der Waals surface area contributed by atoms with Crippen LogP contribution in [0.5, 0.6) is 0 Å². The van der Waals surface area contributed by atoms with Crippen molar-refractivity contribution in [2.45, 2.75) is 46.1 Å². The van der Waals surface area contributed by atoms with Gasteiger partial charge in [0.1, 0.15) is 5.82 Å². The van der Waals surface area contributed by atoms with Crippen molar-refractivity contribution in [3.63, 3.8) is 0 Å². The van der Waals surface area contributed by atoms with Crippen molar-refractivity contribution in [2.75, 3.05) is 6.54 Å². The zero-order valence-corrected chi connectivity index (χ0v) is 19.4. The number of allylic oxidation sites excluding steroid dienone is 1. The summed E-state index contributed by atoms with van der Waals surface area (Å²) >= 11 is 5.68. The smallest absolute Gasteiger partial charge is 0.258 e. The third kappa shape index (κ3) is 4.58. The fourth-order valence-electron chi connectivity index (χ4n) is 3.94. The number of unbranched alkanes of at least 4 members (excludes halogenated alkanes) is 2. The molecular formula is C25H27FN4OS. The van der Waals surface area contributed by atoms with Crippen LogP contribution < -0.4 is 5.32 Å². The van der Waals surface area contributed by atoms with Gasteiger partial charge in [-0.05, 0) is 50.2 Å². The van der Waals surface area contributed by atoms with E-state index in [-0.39, 0.29) is 11.9 Å². The van der Waals surface area contributed by atoms with Crippen LogP contribution >= 0.6 is 12.2 Å². The van der Waals surface area contributed by atoms with Gasteiger partial charge in [-0.15, -0.1) is 0 Å². The monoisotopic (exact) mass is 450 g/mol. The minimum atomic E-state index is -0.382. The van der Waals surface area contributed by atoms with Crippen molar-refractivity contribution < 1.29 is 8.91 Å². The highest BCUT2D eigenvalue weighted by atomic mass is 32.1. The summed E-state index contributed by atoms with van der Waals surface area (Å²) in [5.41, 5.74) is 4.55. The predicted molar refractivity (Wildman–Crippen MR) is 128 cm³/mol. The van der Waals surface area contributed by atoms with Crippen LogP contribution in [0.2, 0.25) is 0 Å². The summed E-state index contributed by atoms with van der Waals surface area (Å²) in [6.07, 6.45) is 3.26. The van der Waals surface area contributed by atoms with E-state index in [1.807, 2.05) is 44.2 Å². The molecule has 1 unspecified atom stereocenters. The third-order valence-corrected chi connectivity index (χ3v) is 6.07. The van der Waals surface area contributed by atoms with Crippen molar-refractivity contribution in [3.05, 3.63) is 77.1 Å². The van der Waals surface area contributed by atoms with Gasteiger partial charge in [-0.25, -0.2) is 4.39 Å². The first-order valence-electron chi connectivity index (χ1n) is 10.9. The molecule has 1 aliphatic heterocycles. The zero-order chi connectivity index (χ0) is 22.7. The normalized spacial score (nSPS) is 16.4. The van der Waals surface area contributed by atoms with Crippen LogP contribution in [0.1, 0.15) is 56.2 Å². The second-order valence-corrected chi connectivity index (χ2v) is 8.47. The summed E-state index contributed by atoms with van der Waals surface area (Å²) < 4.78 is 19.8. The number of hydrogen-bond acceptors (Lipinski definition) is 4. The first-order chi connectivity index (χ1) is 15.5. The van der Waals surface area contributed by atoms with Gasteiger partial charge in [0.2, 0.25) is 5.82 Å². The summed E-state index contributed by atoms with van der Waals surface area (Å²) in [5, 5.41) is 8.22. The highest BCUT2D eigenvalue weighted by Gasteiger charge is 2.34. The van der Waals surface area contributed by atoms with Gasteiger partial charge in [0, 0.05) is 17.8 Å². The van der Waals surface area contributed by atoms with Gasteiger partial charge in [0.05, 0.1) is 11.6 Å². The Morgan fingerprint density at radius 3 is 2.62 bits per heavy atom. The van der Waals surface area contributed by atoms with E-state index in [0.29, 0.717) is 16.8 Å². The first kappa shape index (κ1) is 22.1. The highest BCUT2D eigenvalue weighted by molar-refractivity contribution is 7.80. The summed E-state index contributed by atoms with van der Waals surface area (Å²) in [5.74, 6) is 0.621. The van der Waals surface area contributed by atoms with Crippen LogP contribution in [0.25, 0.3) is 17.0 Å². The van der Waals surface area contributed by atoms with Crippen molar-refractivity contribution in [1.29, 1.82) is 0 Å². The van der Waals surface area contributed by atoms with Crippen molar-refractivity contribution in [1.82, 2.24) is 20.4 Å². The lowest BCUT2D eigenvalue weighted by atomic mass is 9.94. The maximum absolute atomic E-state index is 14.0. The number of rotatable bonds is 7. The van der Waals surface area contributed by atoms with Gasteiger partial charge in [-0.1, -0.05) is 66.9 Å². The number of thiocarbonyl (C=S) groups is 1. The molecule has 3 aromatic rings. The molecular weight excluding hydrogens is 423 g/mol. The van der Waals surface area contributed by atoms with Crippen molar-refractivity contribution in [2.24, 2.45) is 0 Å². The Bertz CT molecular complexity index is 1140.